The minimum Gasteiger partial charge on any atom is -0.385 e. The van der Waals surface area contributed by atoms with Crippen LogP contribution in [0.5, 0.6) is 0 Å². The van der Waals surface area contributed by atoms with Gasteiger partial charge in [0.15, 0.2) is 0 Å². The molecule has 3 heteroatoms. The molecule has 1 aliphatic heterocycles. The number of aliphatic hydroxyl groups is 1. The fourth-order valence-corrected chi connectivity index (χ4v) is 3.14. The van der Waals surface area contributed by atoms with Crippen LogP contribution in [-0.4, -0.2) is 11.7 Å². The van der Waals surface area contributed by atoms with Crippen molar-refractivity contribution in [1.82, 2.24) is 0 Å². The van der Waals surface area contributed by atoms with Crippen LogP contribution in [0.3, 0.4) is 0 Å². The second kappa shape index (κ2) is 5.80. The Balaban J connectivity index is 1.86. The van der Waals surface area contributed by atoms with Gasteiger partial charge in [-0.15, -0.1) is 0 Å². The van der Waals surface area contributed by atoms with Crippen molar-refractivity contribution in [3.63, 3.8) is 0 Å². The minimum atomic E-state index is -0.972. The van der Waals surface area contributed by atoms with E-state index in [0.717, 1.165) is 12.0 Å². The summed E-state index contributed by atoms with van der Waals surface area (Å²) in [7, 11) is 0. The summed E-state index contributed by atoms with van der Waals surface area (Å²) in [4.78, 5) is 0. The maximum atomic E-state index is 10.8. The highest BCUT2D eigenvalue weighted by Gasteiger charge is 2.31. The molecule has 0 saturated heterocycles. The molecule has 2 aromatic rings. The summed E-state index contributed by atoms with van der Waals surface area (Å²) < 4.78 is 5.90. The van der Waals surface area contributed by atoms with E-state index in [-0.39, 0.29) is 6.10 Å². The minimum absolute atomic E-state index is 0.0797. The highest BCUT2D eigenvalue weighted by molar-refractivity contribution is 6.30. The van der Waals surface area contributed by atoms with E-state index in [9.17, 15) is 5.11 Å². The van der Waals surface area contributed by atoms with E-state index in [4.69, 9.17) is 16.3 Å². The summed E-state index contributed by atoms with van der Waals surface area (Å²) in [5, 5.41) is 11.5. The summed E-state index contributed by atoms with van der Waals surface area (Å²) in [5.74, 6) is 0. The second-order valence-electron chi connectivity index (χ2n) is 5.80. The van der Waals surface area contributed by atoms with Crippen molar-refractivity contribution in [2.24, 2.45) is 0 Å². The molecule has 0 bridgehead atoms. The summed E-state index contributed by atoms with van der Waals surface area (Å²) in [5.41, 5.74) is 2.35. The van der Waals surface area contributed by atoms with E-state index >= 15 is 0 Å². The van der Waals surface area contributed by atoms with Crippen LogP contribution >= 0.6 is 11.6 Å². The van der Waals surface area contributed by atoms with Crippen LogP contribution in [0, 0.1) is 0 Å². The number of hydrogen-bond acceptors (Lipinski definition) is 2. The summed E-state index contributed by atoms with van der Waals surface area (Å²) >= 11 is 6.03. The molecule has 1 heterocycles. The van der Waals surface area contributed by atoms with Crippen LogP contribution in [0.15, 0.2) is 48.5 Å². The van der Waals surface area contributed by atoms with Gasteiger partial charge in [-0.3, -0.25) is 0 Å². The average molecular weight is 303 g/mol. The van der Waals surface area contributed by atoms with Crippen LogP contribution in [0.4, 0.5) is 0 Å². The van der Waals surface area contributed by atoms with Gasteiger partial charge in [0.2, 0.25) is 0 Å². The van der Waals surface area contributed by atoms with E-state index in [0.29, 0.717) is 18.1 Å². The maximum Gasteiger partial charge on any atom is 0.0897 e. The van der Waals surface area contributed by atoms with Gasteiger partial charge in [0, 0.05) is 11.4 Å². The number of rotatable bonds is 3. The summed E-state index contributed by atoms with van der Waals surface area (Å²) in [6, 6.07) is 15.7. The first-order valence-corrected chi connectivity index (χ1v) is 7.62. The molecule has 0 aromatic heterocycles. The molecule has 2 atom stereocenters. The number of hydrogen-bond donors (Lipinski definition) is 1. The molecule has 2 nitrogen and oxygen atoms in total. The van der Waals surface area contributed by atoms with Crippen molar-refractivity contribution in [2.45, 2.75) is 31.5 Å². The molecule has 3 rings (SSSR count). The van der Waals surface area contributed by atoms with Crippen molar-refractivity contribution < 1.29 is 9.84 Å². The molecule has 1 N–H and O–H groups in total. The van der Waals surface area contributed by atoms with Crippen LogP contribution in [0.2, 0.25) is 5.02 Å². The topological polar surface area (TPSA) is 29.5 Å². The highest BCUT2D eigenvalue weighted by atomic mass is 35.5. The molecule has 21 heavy (non-hydrogen) atoms. The zero-order chi connectivity index (χ0) is 14.9. The Morgan fingerprint density at radius 1 is 1.24 bits per heavy atom. The number of benzene rings is 2. The number of fused-ring (bicyclic) bond motifs is 1. The van der Waals surface area contributed by atoms with Gasteiger partial charge in [0.25, 0.3) is 0 Å². The normalized spacial score (nSPS) is 20.6. The summed E-state index contributed by atoms with van der Waals surface area (Å²) in [6.45, 7) is 2.52. The molecule has 0 amide bonds. The van der Waals surface area contributed by atoms with Gasteiger partial charge in [0.05, 0.1) is 18.3 Å². The molecule has 0 fully saturated rings. The Labute approximate surface area is 130 Å². The third-order valence-electron chi connectivity index (χ3n) is 4.12. The lowest BCUT2D eigenvalue weighted by molar-refractivity contribution is -0.0398. The number of ether oxygens (including phenoxy) is 1. The second-order valence-corrected chi connectivity index (χ2v) is 6.23. The van der Waals surface area contributed by atoms with E-state index in [1.54, 1.807) is 0 Å². The zero-order valence-corrected chi connectivity index (χ0v) is 12.8. The fourth-order valence-electron chi connectivity index (χ4n) is 2.95. The molecule has 0 radical (unpaired) electrons. The van der Waals surface area contributed by atoms with Gasteiger partial charge in [0.1, 0.15) is 0 Å². The van der Waals surface area contributed by atoms with Crippen LogP contribution in [0.25, 0.3) is 0 Å². The molecule has 0 aliphatic carbocycles. The lowest BCUT2D eigenvalue weighted by atomic mass is 9.85. The molecule has 110 valence electrons. The van der Waals surface area contributed by atoms with Gasteiger partial charge >= 0.3 is 0 Å². The lowest BCUT2D eigenvalue weighted by Crippen LogP contribution is -2.28. The number of halogens is 1. The molecule has 2 aromatic carbocycles. The zero-order valence-electron chi connectivity index (χ0n) is 12.1. The molecular weight excluding hydrogens is 284 g/mol. The Kier molecular flexibility index (Phi) is 4.03. The standard InChI is InChI=1S/C18H19ClO2/c1-18(20,14-6-4-7-15(19)11-14)12-17-16-8-3-2-5-13(16)9-10-21-17/h2-8,11,17,20H,9-10,12H2,1H3. The first-order chi connectivity index (χ1) is 10.1. The predicted octanol–water partition coefficient (Wildman–Crippen LogP) is 4.25. The maximum absolute atomic E-state index is 10.8. The smallest absolute Gasteiger partial charge is 0.0897 e. The van der Waals surface area contributed by atoms with E-state index in [2.05, 4.69) is 18.2 Å². The largest absolute Gasteiger partial charge is 0.385 e. The Hall–Kier alpha value is -1.35. The Morgan fingerprint density at radius 2 is 2.05 bits per heavy atom. The van der Waals surface area contributed by atoms with Crippen LogP contribution in [0.1, 0.15) is 36.1 Å². The van der Waals surface area contributed by atoms with Gasteiger partial charge < -0.3 is 9.84 Å². The predicted molar refractivity (Wildman–Crippen MR) is 84.5 cm³/mol. The van der Waals surface area contributed by atoms with Crippen molar-refractivity contribution >= 4 is 11.6 Å². The fraction of sp³-hybridized carbons (Fsp3) is 0.333. The van der Waals surface area contributed by atoms with Gasteiger partial charge in [-0.05, 0) is 42.2 Å². The Morgan fingerprint density at radius 3 is 2.86 bits per heavy atom. The first kappa shape index (κ1) is 14.6. The van der Waals surface area contributed by atoms with Gasteiger partial charge in [-0.2, -0.15) is 0 Å². The monoisotopic (exact) mass is 302 g/mol. The molecular formula is C18H19ClO2. The van der Waals surface area contributed by atoms with Crippen molar-refractivity contribution in [3.8, 4) is 0 Å². The van der Waals surface area contributed by atoms with Crippen molar-refractivity contribution in [1.29, 1.82) is 0 Å². The van der Waals surface area contributed by atoms with Crippen molar-refractivity contribution in [3.05, 3.63) is 70.2 Å². The lowest BCUT2D eigenvalue weighted by Gasteiger charge is -2.32. The van der Waals surface area contributed by atoms with Crippen LogP contribution in [-0.2, 0) is 16.8 Å². The quantitative estimate of drug-likeness (QED) is 0.918. The average Bonchev–Trinajstić information content (AvgIpc) is 2.47. The van der Waals surface area contributed by atoms with E-state index in [1.807, 2.05) is 37.3 Å². The molecule has 1 aliphatic rings. The third-order valence-corrected chi connectivity index (χ3v) is 4.36. The van der Waals surface area contributed by atoms with Crippen LogP contribution < -0.4 is 0 Å². The summed E-state index contributed by atoms with van der Waals surface area (Å²) in [6.07, 6.45) is 1.38. The van der Waals surface area contributed by atoms with E-state index in [1.165, 1.54) is 11.1 Å². The van der Waals surface area contributed by atoms with Crippen molar-refractivity contribution in [2.75, 3.05) is 6.61 Å². The molecule has 0 spiro atoms. The molecule has 0 saturated carbocycles. The Bertz CT molecular complexity index is 637. The van der Waals surface area contributed by atoms with E-state index < -0.39 is 5.60 Å². The SMILES string of the molecule is CC(O)(CC1OCCc2ccccc21)c1cccc(Cl)c1. The third kappa shape index (κ3) is 3.13. The van der Waals surface area contributed by atoms with Gasteiger partial charge in [-0.1, -0.05) is 48.0 Å². The molecule has 2 unspecified atom stereocenters. The van der Waals surface area contributed by atoms with Gasteiger partial charge in [-0.25, -0.2) is 0 Å². The highest BCUT2D eigenvalue weighted by Crippen LogP contribution is 2.37. The first-order valence-electron chi connectivity index (χ1n) is 7.24.